The van der Waals surface area contributed by atoms with E-state index in [4.69, 9.17) is 0 Å². The molecule has 2 aromatic heterocycles. The predicted octanol–water partition coefficient (Wildman–Crippen LogP) is 3.59. The third-order valence-corrected chi connectivity index (χ3v) is 7.18. The summed E-state index contributed by atoms with van der Waals surface area (Å²) in [7, 11) is 0. The summed E-state index contributed by atoms with van der Waals surface area (Å²) >= 11 is 0. The summed E-state index contributed by atoms with van der Waals surface area (Å²) in [6.45, 7) is 4.75. The molecule has 3 aromatic rings. The van der Waals surface area contributed by atoms with Crippen LogP contribution in [0.2, 0.25) is 0 Å². The van der Waals surface area contributed by atoms with Crippen molar-refractivity contribution >= 4 is 0 Å². The van der Waals surface area contributed by atoms with Crippen molar-refractivity contribution in [1.29, 1.82) is 0 Å². The molecule has 1 N–H and O–H groups in total. The number of H-pyrrole nitrogens is 1. The molecule has 5 rings (SSSR count). The number of halogens is 3. The third-order valence-electron chi connectivity index (χ3n) is 7.18. The molecule has 2 atom stereocenters. The summed E-state index contributed by atoms with van der Waals surface area (Å²) in [5.41, 5.74) is 1.24. The molecule has 34 heavy (non-hydrogen) atoms. The Morgan fingerprint density at radius 1 is 1.12 bits per heavy atom. The molecule has 0 spiro atoms. The van der Waals surface area contributed by atoms with Crippen molar-refractivity contribution in [2.45, 2.75) is 37.9 Å². The molecule has 0 radical (unpaired) electrons. The minimum absolute atomic E-state index is 0.0516. The number of aromatic nitrogens is 3. The monoisotopic (exact) mass is 470 g/mol. The van der Waals surface area contributed by atoms with E-state index in [1.165, 1.54) is 16.7 Å². The summed E-state index contributed by atoms with van der Waals surface area (Å²) in [5, 5.41) is 0. The first kappa shape index (κ1) is 22.6. The van der Waals surface area contributed by atoms with E-state index in [1.54, 1.807) is 36.7 Å². The molecule has 178 valence electrons. The quantitative estimate of drug-likeness (QED) is 0.598. The Kier molecular flexibility index (Phi) is 5.47. The van der Waals surface area contributed by atoms with E-state index in [9.17, 15) is 22.8 Å². The van der Waals surface area contributed by atoms with Gasteiger partial charge in [-0.05, 0) is 56.0 Å². The lowest BCUT2D eigenvalue weighted by atomic mass is 9.94. The maximum Gasteiger partial charge on any atom is 0.416 e. The molecular formula is C25H25F3N4O2. The molecule has 0 amide bonds. The van der Waals surface area contributed by atoms with Gasteiger partial charge in [-0.25, -0.2) is 4.79 Å². The highest BCUT2D eigenvalue weighted by atomic mass is 19.4. The molecular weight excluding hydrogens is 445 g/mol. The SMILES string of the molecule is Cc1ncccc1-c1cn(CCCN2C[C@@H]3C[C@]3(c3ccc(C(F)(F)F)cc3)C2)c(=O)[nH]c1=O. The number of likely N-dealkylation sites (tertiary alicyclic amines) is 1. The standard InChI is InChI=1S/C25H25F3N4O2/c1-16-20(4-2-9-29-16)21-14-32(23(34)30-22(21)33)11-3-10-31-13-19-12-24(19,15-31)17-5-7-18(8-6-17)25(26,27)28/h2,4-9,14,19H,3,10-13,15H2,1H3,(H,30,33,34)/t19-,24+/m0/s1. The summed E-state index contributed by atoms with van der Waals surface area (Å²) in [5.74, 6) is 0.459. The fourth-order valence-corrected chi connectivity index (χ4v) is 5.30. The smallest absolute Gasteiger partial charge is 0.302 e. The van der Waals surface area contributed by atoms with Crippen LogP contribution in [0.4, 0.5) is 13.2 Å². The largest absolute Gasteiger partial charge is 0.416 e. The van der Waals surface area contributed by atoms with Crippen LogP contribution in [0.1, 0.15) is 29.7 Å². The Hall–Kier alpha value is -3.20. The van der Waals surface area contributed by atoms with Crippen molar-refractivity contribution in [2.75, 3.05) is 19.6 Å². The Bertz CT molecular complexity index is 1330. The van der Waals surface area contributed by atoms with Gasteiger partial charge in [-0.2, -0.15) is 13.2 Å². The van der Waals surface area contributed by atoms with Gasteiger partial charge in [-0.3, -0.25) is 19.3 Å². The van der Waals surface area contributed by atoms with Crippen LogP contribution in [0.5, 0.6) is 0 Å². The molecule has 1 saturated carbocycles. The van der Waals surface area contributed by atoms with Crippen molar-refractivity contribution in [3.05, 3.63) is 86.5 Å². The van der Waals surface area contributed by atoms with Crippen molar-refractivity contribution in [3.8, 4) is 11.1 Å². The molecule has 1 aliphatic heterocycles. The van der Waals surface area contributed by atoms with Crippen LogP contribution in [0.15, 0.2) is 58.4 Å². The number of nitrogens with one attached hydrogen (secondary N) is 1. The number of aromatic amines is 1. The summed E-state index contributed by atoms with van der Waals surface area (Å²) in [6, 6.07) is 9.14. The number of pyridine rings is 1. The second-order valence-electron chi connectivity index (χ2n) is 9.35. The van der Waals surface area contributed by atoms with Gasteiger partial charge in [0.25, 0.3) is 5.56 Å². The fourth-order valence-electron chi connectivity index (χ4n) is 5.30. The van der Waals surface area contributed by atoms with E-state index in [2.05, 4.69) is 14.9 Å². The van der Waals surface area contributed by atoms with Gasteiger partial charge in [0.15, 0.2) is 0 Å². The number of nitrogens with zero attached hydrogens (tertiary/aromatic N) is 3. The molecule has 2 fully saturated rings. The minimum atomic E-state index is -4.32. The average Bonchev–Trinajstić information content (AvgIpc) is 3.37. The highest BCUT2D eigenvalue weighted by molar-refractivity contribution is 5.63. The Morgan fingerprint density at radius 2 is 1.88 bits per heavy atom. The molecule has 3 heterocycles. The Labute approximate surface area is 194 Å². The molecule has 6 nitrogen and oxygen atoms in total. The van der Waals surface area contributed by atoms with Gasteiger partial charge < -0.3 is 4.90 Å². The number of hydrogen-bond acceptors (Lipinski definition) is 4. The number of benzene rings is 1. The predicted molar refractivity (Wildman–Crippen MR) is 122 cm³/mol. The molecule has 1 aliphatic carbocycles. The first-order valence-electron chi connectivity index (χ1n) is 11.3. The van der Waals surface area contributed by atoms with Crippen molar-refractivity contribution in [3.63, 3.8) is 0 Å². The van der Waals surface area contributed by atoms with E-state index in [0.29, 0.717) is 35.7 Å². The molecule has 9 heteroatoms. The van der Waals surface area contributed by atoms with Gasteiger partial charge in [0.05, 0.1) is 11.1 Å². The number of aryl methyl sites for hydroxylation is 2. The maximum absolute atomic E-state index is 12.9. The first-order valence-corrected chi connectivity index (χ1v) is 11.3. The van der Waals surface area contributed by atoms with Crippen LogP contribution in [0.3, 0.4) is 0 Å². The maximum atomic E-state index is 12.9. The van der Waals surface area contributed by atoms with Crippen LogP contribution >= 0.6 is 0 Å². The fraction of sp³-hybridized carbons (Fsp3) is 0.400. The molecule has 0 bridgehead atoms. The second kappa shape index (κ2) is 8.23. The van der Waals surface area contributed by atoms with Crippen molar-refractivity contribution < 1.29 is 13.2 Å². The number of alkyl halides is 3. The number of hydrogen-bond donors (Lipinski definition) is 1. The van der Waals surface area contributed by atoms with Crippen molar-refractivity contribution in [2.24, 2.45) is 5.92 Å². The second-order valence-corrected chi connectivity index (χ2v) is 9.35. The van der Waals surface area contributed by atoms with Crippen LogP contribution < -0.4 is 11.2 Å². The van der Waals surface area contributed by atoms with Gasteiger partial charge in [0.1, 0.15) is 0 Å². The van der Waals surface area contributed by atoms with Gasteiger partial charge in [0, 0.05) is 48.7 Å². The van der Waals surface area contributed by atoms with E-state index in [1.807, 2.05) is 6.92 Å². The molecule has 1 saturated heterocycles. The van der Waals surface area contributed by atoms with Crippen molar-refractivity contribution in [1.82, 2.24) is 19.4 Å². The van der Waals surface area contributed by atoms with Gasteiger partial charge in [-0.15, -0.1) is 0 Å². The zero-order valence-corrected chi connectivity index (χ0v) is 18.7. The average molecular weight is 470 g/mol. The van der Waals surface area contributed by atoms with Gasteiger partial charge >= 0.3 is 11.9 Å². The zero-order chi connectivity index (χ0) is 24.1. The lowest BCUT2D eigenvalue weighted by Crippen LogP contribution is -2.32. The minimum Gasteiger partial charge on any atom is -0.302 e. The highest BCUT2D eigenvalue weighted by Gasteiger charge is 2.60. The van der Waals surface area contributed by atoms with Crippen LogP contribution in [-0.2, 0) is 18.1 Å². The normalized spacial score (nSPS) is 22.1. The van der Waals surface area contributed by atoms with Gasteiger partial charge in [0.2, 0.25) is 0 Å². The molecule has 1 aromatic carbocycles. The molecule has 2 aliphatic rings. The van der Waals surface area contributed by atoms with Gasteiger partial charge in [-0.1, -0.05) is 18.2 Å². The Balaban J connectivity index is 1.23. The topological polar surface area (TPSA) is 71.0 Å². The summed E-state index contributed by atoms with van der Waals surface area (Å²) in [4.78, 5) is 33.6. The van der Waals surface area contributed by atoms with E-state index < -0.39 is 23.0 Å². The Morgan fingerprint density at radius 3 is 2.59 bits per heavy atom. The number of rotatable bonds is 6. The third kappa shape index (κ3) is 4.09. The first-order chi connectivity index (χ1) is 16.2. The van der Waals surface area contributed by atoms with E-state index in [0.717, 1.165) is 31.6 Å². The summed E-state index contributed by atoms with van der Waals surface area (Å²) < 4.78 is 40.2. The number of piperidine rings is 1. The highest BCUT2D eigenvalue weighted by Crippen LogP contribution is 2.59. The molecule has 0 unspecified atom stereocenters. The van der Waals surface area contributed by atoms with Crippen LogP contribution in [0.25, 0.3) is 11.1 Å². The number of fused-ring (bicyclic) bond motifs is 1. The zero-order valence-electron chi connectivity index (χ0n) is 18.7. The van der Waals surface area contributed by atoms with E-state index in [-0.39, 0.29) is 5.41 Å². The lowest BCUT2D eigenvalue weighted by Gasteiger charge is -2.21. The van der Waals surface area contributed by atoms with Crippen LogP contribution in [0, 0.1) is 12.8 Å². The summed E-state index contributed by atoms with van der Waals surface area (Å²) in [6.07, 6.45) is 0.642. The lowest BCUT2D eigenvalue weighted by molar-refractivity contribution is -0.137. The van der Waals surface area contributed by atoms with E-state index >= 15 is 0 Å². The van der Waals surface area contributed by atoms with Crippen LogP contribution in [-0.4, -0.2) is 39.1 Å².